The van der Waals surface area contributed by atoms with Crippen LogP contribution in [0.5, 0.6) is 0 Å². The maximum absolute atomic E-state index is 13.5. The lowest BCUT2D eigenvalue weighted by Gasteiger charge is -2.44. The van der Waals surface area contributed by atoms with Crippen LogP contribution in [0.3, 0.4) is 0 Å². The van der Waals surface area contributed by atoms with Crippen molar-refractivity contribution in [3.05, 3.63) is 65.5 Å². The summed E-state index contributed by atoms with van der Waals surface area (Å²) >= 11 is 0. The van der Waals surface area contributed by atoms with Crippen LogP contribution in [0.4, 0.5) is 4.39 Å². The molecule has 0 atom stereocenters. The van der Waals surface area contributed by atoms with E-state index >= 15 is 0 Å². The number of benzene rings is 2. The molecule has 2 aromatic carbocycles. The van der Waals surface area contributed by atoms with Gasteiger partial charge in [0.05, 0.1) is 17.0 Å². The normalized spacial score (nSPS) is 19.2. The quantitative estimate of drug-likeness (QED) is 0.744. The monoisotopic (exact) mass is 444 g/mol. The Balaban J connectivity index is 1.44. The number of sulfonamides is 1. The van der Waals surface area contributed by atoms with Crippen molar-refractivity contribution in [3.8, 4) is 0 Å². The van der Waals surface area contributed by atoms with Gasteiger partial charge in [-0.3, -0.25) is 4.99 Å². The highest BCUT2D eigenvalue weighted by atomic mass is 32.2. The molecule has 166 valence electrons. The van der Waals surface area contributed by atoms with Crippen LogP contribution in [0.25, 0.3) is 0 Å². The number of aliphatic imine (C=N–C) groups is 1. The fraction of sp³-hybridized carbons (Fsp3) is 0.435. The first-order valence-electron chi connectivity index (χ1n) is 10.8. The number of piperidine rings is 1. The van der Waals surface area contributed by atoms with Crippen LogP contribution in [0.1, 0.15) is 30.9 Å². The van der Waals surface area contributed by atoms with E-state index in [9.17, 15) is 12.8 Å². The topological polar surface area (TPSA) is 73.8 Å². The van der Waals surface area contributed by atoms with Crippen molar-refractivity contribution in [3.63, 3.8) is 0 Å². The number of rotatable bonds is 5. The third-order valence-electron chi connectivity index (χ3n) is 6.19. The highest BCUT2D eigenvalue weighted by Crippen LogP contribution is 2.29. The number of hydrogen-bond donors (Lipinski definition) is 2. The Morgan fingerprint density at radius 1 is 1.13 bits per heavy atom. The van der Waals surface area contributed by atoms with Gasteiger partial charge < -0.3 is 10.6 Å². The van der Waals surface area contributed by atoms with Crippen molar-refractivity contribution in [1.82, 2.24) is 14.9 Å². The Hall–Kier alpha value is -2.29. The number of aryl methyl sites for hydroxylation is 1. The SMILES string of the molecule is CCc1ccc(S(=O)(=O)N2CCC3(CC2)NCCN=C3NCc2cccc(F)c2)cc1. The van der Waals surface area contributed by atoms with Gasteiger partial charge in [-0.15, -0.1) is 0 Å². The summed E-state index contributed by atoms with van der Waals surface area (Å²) in [5.41, 5.74) is 1.59. The highest BCUT2D eigenvalue weighted by molar-refractivity contribution is 7.89. The molecule has 0 amide bonds. The second-order valence-corrected chi connectivity index (χ2v) is 10.1. The van der Waals surface area contributed by atoms with Crippen LogP contribution in [0.15, 0.2) is 58.4 Å². The van der Waals surface area contributed by atoms with Crippen molar-refractivity contribution < 1.29 is 12.8 Å². The molecule has 8 heteroatoms. The molecule has 6 nitrogen and oxygen atoms in total. The van der Waals surface area contributed by atoms with Gasteiger partial charge in [-0.2, -0.15) is 4.31 Å². The summed E-state index contributed by atoms with van der Waals surface area (Å²) < 4.78 is 41.3. The number of nitrogens with zero attached hydrogens (tertiary/aromatic N) is 2. The molecule has 31 heavy (non-hydrogen) atoms. The first-order chi connectivity index (χ1) is 14.9. The van der Waals surface area contributed by atoms with Gasteiger partial charge in [0.1, 0.15) is 11.7 Å². The van der Waals surface area contributed by atoms with Crippen molar-refractivity contribution >= 4 is 15.9 Å². The van der Waals surface area contributed by atoms with Gasteiger partial charge in [-0.05, 0) is 54.7 Å². The van der Waals surface area contributed by atoms with E-state index in [0.717, 1.165) is 29.9 Å². The summed E-state index contributed by atoms with van der Waals surface area (Å²) in [4.78, 5) is 5.03. The Morgan fingerprint density at radius 2 is 1.87 bits per heavy atom. The maximum Gasteiger partial charge on any atom is 0.243 e. The summed E-state index contributed by atoms with van der Waals surface area (Å²) in [5.74, 6) is 0.579. The molecule has 2 aromatic rings. The third-order valence-corrected chi connectivity index (χ3v) is 8.11. The maximum atomic E-state index is 13.5. The zero-order chi connectivity index (χ0) is 21.9. The van der Waals surface area contributed by atoms with E-state index in [0.29, 0.717) is 43.9 Å². The second-order valence-electron chi connectivity index (χ2n) is 8.12. The molecule has 0 saturated carbocycles. The number of nitrogens with one attached hydrogen (secondary N) is 2. The lowest BCUT2D eigenvalue weighted by molar-refractivity contribution is 0.241. The molecule has 2 heterocycles. The van der Waals surface area contributed by atoms with Gasteiger partial charge >= 0.3 is 0 Å². The van der Waals surface area contributed by atoms with Crippen LogP contribution < -0.4 is 10.6 Å². The molecule has 2 N–H and O–H groups in total. The molecule has 1 spiro atoms. The molecular formula is C23H29FN4O2S. The number of hydrogen-bond acceptors (Lipinski definition) is 5. The van der Waals surface area contributed by atoms with Crippen molar-refractivity contribution in [1.29, 1.82) is 0 Å². The zero-order valence-corrected chi connectivity index (χ0v) is 18.6. The van der Waals surface area contributed by atoms with Gasteiger partial charge in [-0.25, -0.2) is 12.8 Å². The van der Waals surface area contributed by atoms with Crippen LogP contribution in [0, 0.1) is 5.82 Å². The second kappa shape index (κ2) is 9.06. The van der Waals surface area contributed by atoms with Crippen molar-refractivity contribution in [2.75, 3.05) is 26.2 Å². The predicted octanol–water partition coefficient (Wildman–Crippen LogP) is 2.70. The Labute approximate surface area is 183 Å². The van der Waals surface area contributed by atoms with Gasteiger partial charge in [-0.1, -0.05) is 31.2 Å². The van der Waals surface area contributed by atoms with Gasteiger partial charge in [0.2, 0.25) is 10.0 Å². The molecular weight excluding hydrogens is 415 g/mol. The fourth-order valence-corrected chi connectivity index (χ4v) is 5.77. The lowest BCUT2D eigenvalue weighted by Crippen LogP contribution is -2.64. The summed E-state index contributed by atoms with van der Waals surface area (Å²) in [7, 11) is -3.52. The summed E-state index contributed by atoms with van der Waals surface area (Å²) in [6.45, 7) is 4.80. The van der Waals surface area contributed by atoms with E-state index in [1.54, 1.807) is 22.5 Å². The van der Waals surface area contributed by atoms with Gasteiger partial charge in [0.25, 0.3) is 0 Å². The Kier molecular flexibility index (Phi) is 6.41. The molecule has 1 saturated heterocycles. The smallest absolute Gasteiger partial charge is 0.243 e. The number of amidine groups is 1. The Morgan fingerprint density at radius 3 is 2.55 bits per heavy atom. The fourth-order valence-electron chi connectivity index (χ4n) is 4.32. The molecule has 0 aliphatic carbocycles. The van der Waals surface area contributed by atoms with Gasteiger partial charge in [0.15, 0.2) is 0 Å². The van der Waals surface area contributed by atoms with E-state index in [-0.39, 0.29) is 11.4 Å². The first-order valence-corrected chi connectivity index (χ1v) is 12.2. The van der Waals surface area contributed by atoms with Crippen molar-refractivity contribution in [2.45, 2.75) is 43.2 Å². The average Bonchev–Trinajstić information content (AvgIpc) is 2.79. The molecule has 0 bridgehead atoms. The molecule has 4 rings (SSSR count). The van der Waals surface area contributed by atoms with E-state index in [2.05, 4.69) is 15.6 Å². The molecule has 2 aliphatic rings. The van der Waals surface area contributed by atoms with Crippen LogP contribution in [-0.2, 0) is 23.0 Å². The standard InChI is InChI=1S/C23H29FN4O2S/c1-2-18-6-8-21(9-7-18)31(29,30)28-14-10-23(11-15-28)22(25-12-13-27-23)26-17-19-4-3-5-20(24)16-19/h3-9,16,27H,2,10-15,17H2,1H3,(H,25,26). The molecule has 1 fully saturated rings. The summed E-state index contributed by atoms with van der Waals surface area (Å²) in [5, 5.41) is 6.95. The molecule has 2 aliphatic heterocycles. The minimum atomic E-state index is -3.52. The molecule has 0 radical (unpaired) electrons. The van der Waals surface area contributed by atoms with Crippen LogP contribution in [0.2, 0.25) is 0 Å². The molecule has 0 aromatic heterocycles. The summed E-state index contributed by atoms with van der Waals surface area (Å²) in [6, 6.07) is 13.7. The number of halogens is 1. The van der Waals surface area contributed by atoms with E-state index in [4.69, 9.17) is 0 Å². The average molecular weight is 445 g/mol. The van der Waals surface area contributed by atoms with Crippen LogP contribution >= 0.6 is 0 Å². The summed E-state index contributed by atoms with van der Waals surface area (Å²) in [6.07, 6.45) is 2.14. The van der Waals surface area contributed by atoms with E-state index < -0.39 is 10.0 Å². The van der Waals surface area contributed by atoms with E-state index in [1.807, 2.05) is 25.1 Å². The van der Waals surface area contributed by atoms with Crippen molar-refractivity contribution in [2.24, 2.45) is 4.99 Å². The largest absolute Gasteiger partial charge is 0.368 e. The first kappa shape index (κ1) is 21.9. The zero-order valence-electron chi connectivity index (χ0n) is 17.8. The lowest BCUT2D eigenvalue weighted by atomic mass is 9.85. The third kappa shape index (κ3) is 4.66. The molecule has 0 unspecified atom stereocenters. The minimum Gasteiger partial charge on any atom is -0.368 e. The van der Waals surface area contributed by atoms with E-state index in [1.165, 1.54) is 12.1 Å². The van der Waals surface area contributed by atoms with Gasteiger partial charge in [0, 0.05) is 26.2 Å². The Bertz CT molecular complexity index is 1050. The highest BCUT2D eigenvalue weighted by Gasteiger charge is 2.43. The minimum absolute atomic E-state index is 0.261. The predicted molar refractivity (Wildman–Crippen MR) is 120 cm³/mol. The van der Waals surface area contributed by atoms with Crippen LogP contribution in [-0.4, -0.2) is 50.3 Å².